The number of rotatable bonds is 3. The van der Waals surface area contributed by atoms with Gasteiger partial charge in [0.15, 0.2) is 0 Å². The van der Waals surface area contributed by atoms with Crippen molar-refractivity contribution in [2.75, 3.05) is 32.8 Å². The van der Waals surface area contributed by atoms with Crippen LogP contribution in [0, 0.1) is 5.92 Å². The van der Waals surface area contributed by atoms with Crippen molar-refractivity contribution >= 4 is 10.2 Å². The third-order valence-corrected chi connectivity index (χ3v) is 6.28. The van der Waals surface area contributed by atoms with Gasteiger partial charge in [-0.25, -0.2) is 0 Å². The number of ether oxygens (including phenoxy) is 1. The van der Waals surface area contributed by atoms with Crippen molar-refractivity contribution in [1.29, 1.82) is 0 Å². The number of fused-ring (bicyclic) bond motifs is 1. The molecule has 1 fully saturated rings. The zero-order valence-electron chi connectivity index (χ0n) is 12.6. The van der Waals surface area contributed by atoms with Crippen LogP contribution in [0.1, 0.15) is 25.6 Å². The third kappa shape index (κ3) is 2.63. The summed E-state index contributed by atoms with van der Waals surface area (Å²) < 4.78 is 36.6. The Bertz CT molecular complexity index is 590. The van der Waals surface area contributed by atoms with Crippen LogP contribution < -0.4 is 0 Å². The van der Waals surface area contributed by atoms with E-state index in [1.807, 2.05) is 18.3 Å². The minimum Gasteiger partial charge on any atom is -0.379 e. The Morgan fingerprint density at radius 1 is 1.19 bits per heavy atom. The van der Waals surface area contributed by atoms with Crippen molar-refractivity contribution in [2.45, 2.75) is 26.4 Å². The molecule has 7 heteroatoms. The van der Waals surface area contributed by atoms with E-state index in [4.69, 9.17) is 4.74 Å². The number of morpholine rings is 1. The van der Waals surface area contributed by atoms with Crippen molar-refractivity contribution in [1.82, 2.24) is 13.2 Å². The normalized spacial score (nSPS) is 25.2. The smallest absolute Gasteiger partial charge is 0.282 e. The monoisotopic (exact) mass is 313 g/mol. The third-order valence-electron chi connectivity index (χ3n) is 4.26. The first-order valence-electron chi connectivity index (χ1n) is 7.51. The van der Waals surface area contributed by atoms with Gasteiger partial charge in [0, 0.05) is 38.1 Å². The second kappa shape index (κ2) is 5.72. The molecule has 0 amide bonds. The Balaban J connectivity index is 1.93. The highest BCUT2D eigenvalue weighted by Crippen LogP contribution is 2.35. The number of hydrogen-bond acceptors (Lipinski definition) is 3. The first-order chi connectivity index (χ1) is 10.0. The molecule has 118 valence electrons. The highest BCUT2D eigenvalue weighted by atomic mass is 32.2. The summed E-state index contributed by atoms with van der Waals surface area (Å²) in [5, 5.41) is 0. The molecule has 0 bridgehead atoms. The van der Waals surface area contributed by atoms with Crippen LogP contribution in [0.25, 0.3) is 0 Å². The number of aromatic nitrogens is 1. The van der Waals surface area contributed by atoms with E-state index in [9.17, 15) is 8.42 Å². The highest BCUT2D eigenvalue weighted by Gasteiger charge is 2.40. The van der Waals surface area contributed by atoms with Gasteiger partial charge in [-0.1, -0.05) is 13.8 Å². The molecule has 1 aromatic heterocycles. The maximum absolute atomic E-state index is 13.0. The maximum Gasteiger partial charge on any atom is 0.282 e. The van der Waals surface area contributed by atoms with Crippen LogP contribution >= 0.6 is 0 Å². The molecule has 0 aliphatic carbocycles. The first-order valence-corrected chi connectivity index (χ1v) is 8.91. The second-order valence-electron chi connectivity index (χ2n) is 5.95. The van der Waals surface area contributed by atoms with E-state index < -0.39 is 10.2 Å². The van der Waals surface area contributed by atoms with Gasteiger partial charge in [0.1, 0.15) is 0 Å². The summed E-state index contributed by atoms with van der Waals surface area (Å²) in [4.78, 5) is 0. The molecule has 0 spiro atoms. The molecule has 0 aromatic carbocycles. The van der Waals surface area contributed by atoms with E-state index >= 15 is 0 Å². The molecule has 2 aliphatic rings. The van der Waals surface area contributed by atoms with Gasteiger partial charge >= 0.3 is 0 Å². The molecule has 0 saturated carbocycles. The van der Waals surface area contributed by atoms with Gasteiger partial charge in [-0.2, -0.15) is 17.0 Å². The molecule has 6 nitrogen and oxygen atoms in total. The van der Waals surface area contributed by atoms with Crippen molar-refractivity contribution in [3.8, 4) is 0 Å². The standard InChI is InChI=1S/C14H23N3O3S/c1-12(2)14-13-4-3-5-15(13)6-7-17(14)21(18,19)16-8-10-20-11-9-16/h3-5,12,14H,6-11H2,1-2H3. The molecule has 1 atom stereocenters. The molecule has 1 aromatic rings. The lowest BCUT2D eigenvalue weighted by atomic mass is 9.99. The van der Waals surface area contributed by atoms with Gasteiger partial charge in [0.2, 0.25) is 0 Å². The first kappa shape index (κ1) is 15.0. The Morgan fingerprint density at radius 2 is 1.90 bits per heavy atom. The van der Waals surface area contributed by atoms with E-state index in [1.165, 1.54) is 0 Å². The lowest BCUT2D eigenvalue weighted by molar-refractivity contribution is 0.0673. The molecular formula is C14H23N3O3S. The maximum atomic E-state index is 13.0. The summed E-state index contributed by atoms with van der Waals surface area (Å²) >= 11 is 0. The van der Waals surface area contributed by atoms with Crippen LogP contribution in [-0.4, -0.2) is 54.4 Å². The van der Waals surface area contributed by atoms with Crippen LogP contribution in [0.4, 0.5) is 0 Å². The fraction of sp³-hybridized carbons (Fsp3) is 0.714. The lowest BCUT2D eigenvalue weighted by Gasteiger charge is -2.41. The quantitative estimate of drug-likeness (QED) is 0.839. The largest absolute Gasteiger partial charge is 0.379 e. The molecule has 2 aliphatic heterocycles. The minimum atomic E-state index is -3.43. The summed E-state index contributed by atoms with van der Waals surface area (Å²) in [7, 11) is -3.43. The topological polar surface area (TPSA) is 54.8 Å². The molecule has 0 radical (unpaired) electrons. The van der Waals surface area contributed by atoms with E-state index in [2.05, 4.69) is 18.4 Å². The van der Waals surface area contributed by atoms with Crippen molar-refractivity contribution < 1.29 is 13.2 Å². The molecule has 0 N–H and O–H groups in total. The predicted molar refractivity (Wildman–Crippen MR) is 80.0 cm³/mol. The van der Waals surface area contributed by atoms with Crippen LogP contribution in [0.2, 0.25) is 0 Å². The SMILES string of the molecule is CC(C)C1c2cccn2CCN1S(=O)(=O)N1CCOCC1. The van der Waals surface area contributed by atoms with Crippen LogP contribution in [0.15, 0.2) is 18.3 Å². The zero-order chi connectivity index (χ0) is 15.0. The summed E-state index contributed by atoms with van der Waals surface area (Å²) in [6.45, 7) is 7.27. The molecular weight excluding hydrogens is 290 g/mol. The van der Waals surface area contributed by atoms with Crippen molar-refractivity contribution in [3.05, 3.63) is 24.0 Å². The summed E-state index contributed by atoms with van der Waals surface area (Å²) in [5.74, 6) is 0.231. The van der Waals surface area contributed by atoms with Crippen molar-refractivity contribution in [2.24, 2.45) is 5.92 Å². The van der Waals surface area contributed by atoms with E-state index in [-0.39, 0.29) is 12.0 Å². The highest BCUT2D eigenvalue weighted by molar-refractivity contribution is 7.86. The Morgan fingerprint density at radius 3 is 2.57 bits per heavy atom. The van der Waals surface area contributed by atoms with Gasteiger partial charge in [-0.05, 0) is 18.1 Å². The molecule has 3 rings (SSSR count). The van der Waals surface area contributed by atoms with Gasteiger partial charge in [0.05, 0.1) is 19.3 Å². The number of nitrogens with zero attached hydrogens (tertiary/aromatic N) is 3. The summed E-state index contributed by atoms with van der Waals surface area (Å²) in [6, 6.07) is 3.93. The average molecular weight is 313 g/mol. The average Bonchev–Trinajstić information content (AvgIpc) is 2.95. The zero-order valence-corrected chi connectivity index (χ0v) is 13.4. The van der Waals surface area contributed by atoms with E-state index in [1.54, 1.807) is 8.61 Å². The Hall–Kier alpha value is -0.890. The van der Waals surface area contributed by atoms with Gasteiger partial charge in [0.25, 0.3) is 10.2 Å². The van der Waals surface area contributed by atoms with E-state index in [0.29, 0.717) is 32.8 Å². The predicted octanol–water partition coefficient (Wildman–Crippen LogP) is 1.08. The minimum absolute atomic E-state index is 0.0957. The van der Waals surface area contributed by atoms with Crippen LogP contribution in [-0.2, 0) is 21.5 Å². The van der Waals surface area contributed by atoms with Gasteiger partial charge in [-0.3, -0.25) is 0 Å². The Kier molecular flexibility index (Phi) is 4.09. The fourth-order valence-electron chi connectivity index (χ4n) is 3.25. The van der Waals surface area contributed by atoms with Gasteiger partial charge < -0.3 is 9.30 Å². The molecule has 1 unspecified atom stereocenters. The second-order valence-corrected chi connectivity index (χ2v) is 7.83. The van der Waals surface area contributed by atoms with Crippen LogP contribution in [0.3, 0.4) is 0 Å². The van der Waals surface area contributed by atoms with Crippen LogP contribution in [0.5, 0.6) is 0 Å². The lowest BCUT2D eigenvalue weighted by Crippen LogP contribution is -2.52. The summed E-state index contributed by atoms with van der Waals surface area (Å²) in [6.07, 6.45) is 2.03. The van der Waals surface area contributed by atoms with Crippen molar-refractivity contribution in [3.63, 3.8) is 0 Å². The Labute approximate surface area is 126 Å². The fourth-order valence-corrected chi connectivity index (χ4v) is 5.11. The van der Waals surface area contributed by atoms with E-state index in [0.717, 1.165) is 12.2 Å². The number of hydrogen-bond donors (Lipinski definition) is 0. The summed E-state index contributed by atoms with van der Waals surface area (Å²) in [5.41, 5.74) is 1.09. The molecule has 21 heavy (non-hydrogen) atoms. The molecule has 3 heterocycles. The molecule has 1 saturated heterocycles. The van der Waals surface area contributed by atoms with Gasteiger partial charge in [-0.15, -0.1) is 0 Å².